The van der Waals surface area contributed by atoms with Gasteiger partial charge in [0.15, 0.2) is 6.10 Å². The van der Waals surface area contributed by atoms with Crippen molar-refractivity contribution in [1.82, 2.24) is 0 Å². The summed E-state index contributed by atoms with van der Waals surface area (Å²) in [5.41, 5.74) is 0. The summed E-state index contributed by atoms with van der Waals surface area (Å²) in [4.78, 5) is 24.2. The van der Waals surface area contributed by atoms with Crippen LogP contribution in [0, 0.1) is 0 Å². The third-order valence-electron chi connectivity index (χ3n) is 9.06. The van der Waals surface area contributed by atoms with Gasteiger partial charge in [-0.05, 0) is 38.5 Å². The fraction of sp³-hybridized carbons (Fsp3) is 0.902. The first-order valence-electron chi connectivity index (χ1n) is 20.2. The molecule has 0 rings (SSSR count). The summed E-state index contributed by atoms with van der Waals surface area (Å²) >= 11 is 0. The lowest BCUT2D eigenvalue weighted by Crippen LogP contribution is -2.28. The van der Waals surface area contributed by atoms with Crippen LogP contribution < -0.4 is 0 Å². The van der Waals surface area contributed by atoms with Gasteiger partial charge in [0.05, 0.1) is 6.61 Å². The number of aliphatic hydroxyl groups excluding tert-OH is 1. The Morgan fingerprint density at radius 1 is 0.478 bits per heavy atom. The van der Waals surface area contributed by atoms with Gasteiger partial charge in [-0.15, -0.1) is 0 Å². The molecule has 0 spiro atoms. The first kappa shape index (κ1) is 44.6. The number of esters is 2. The van der Waals surface area contributed by atoms with E-state index in [0.717, 1.165) is 38.5 Å². The summed E-state index contributed by atoms with van der Waals surface area (Å²) in [5, 5.41) is 9.55. The first-order chi connectivity index (χ1) is 22.6. The van der Waals surface area contributed by atoms with E-state index in [9.17, 15) is 14.7 Å². The molecular formula is C41H78O5. The maximum atomic E-state index is 12.1. The summed E-state index contributed by atoms with van der Waals surface area (Å²) in [7, 11) is 0. The Labute approximate surface area is 286 Å². The number of ether oxygens (including phenoxy) is 2. The van der Waals surface area contributed by atoms with E-state index in [1.54, 1.807) is 0 Å². The molecule has 0 aliphatic carbocycles. The van der Waals surface area contributed by atoms with Crippen molar-refractivity contribution < 1.29 is 24.2 Å². The number of unbranched alkanes of at least 4 members (excludes halogenated alkanes) is 27. The van der Waals surface area contributed by atoms with Crippen molar-refractivity contribution in [3.63, 3.8) is 0 Å². The smallest absolute Gasteiger partial charge is 0.306 e. The Morgan fingerprint density at radius 3 is 1.17 bits per heavy atom. The van der Waals surface area contributed by atoms with Crippen LogP contribution in [-0.2, 0) is 19.1 Å². The molecule has 0 saturated carbocycles. The number of aliphatic hydroxyl groups is 1. The van der Waals surface area contributed by atoms with Gasteiger partial charge in [0, 0.05) is 12.8 Å². The number of carbonyl (C=O) groups is 2. The van der Waals surface area contributed by atoms with E-state index in [4.69, 9.17) is 9.47 Å². The van der Waals surface area contributed by atoms with Gasteiger partial charge >= 0.3 is 11.9 Å². The van der Waals surface area contributed by atoms with Crippen LogP contribution in [0.1, 0.15) is 219 Å². The van der Waals surface area contributed by atoms with E-state index < -0.39 is 6.10 Å². The summed E-state index contributed by atoms with van der Waals surface area (Å²) in [6.45, 7) is 4.14. The highest BCUT2D eigenvalue weighted by molar-refractivity contribution is 5.70. The van der Waals surface area contributed by atoms with Crippen LogP contribution in [0.3, 0.4) is 0 Å². The van der Waals surface area contributed by atoms with E-state index in [-0.39, 0.29) is 25.2 Å². The Kier molecular flexibility index (Phi) is 37.0. The van der Waals surface area contributed by atoms with Crippen molar-refractivity contribution in [2.75, 3.05) is 13.2 Å². The molecule has 0 radical (unpaired) electrons. The monoisotopic (exact) mass is 651 g/mol. The van der Waals surface area contributed by atoms with Crippen LogP contribution in [0.5, 0.6) is 0 Å². The normalized spacial score (nSPS) is 12.2. The lowest BCUT2D eigenvalue weighted by molar-refractivity contribution is -0.161. The first-order valence-corrected chi connectivity index (χ1v) is 20.2. The average molecular weight is 651 g/mol. The number of rotatable bonds is 37. The van der Waals surface area contributed by atoms with Gasteiger partial charge in [0.1, 0.15) is 6.61 Å². The third-order valence-corrected chi connectivity index (χ3v) is 9.06. The van der Waals surface area contributed by atoms with Gasteiger partial charge in [0.25, 0.3) is 0 Å². The summed E-state index contributed by atoms with van der Waals surface area (Å²) < 4.78 is 10.6. The van der Waals surface area contributed by atoms with Crippen molar-refractivity contribution in [1.29, 1.82) is 0 Å². The van der Waals surface area contributed by atoms with Gasteiger partial charge < -0.3 is 14.6 Å². The minimum atomic E-state index is -0.768. The Morgan fingerprint density at radius 2 is 0.804 bits per heavy atom. The van der Waals surface area contributed by atoms with E-state index in [2.05, 4.69) is 26.0 Å². The molecule has 0 amide bonds. The molecule has 5 heteroatoms. The molecule has 0 heterocycles. The number of carbonyl (C=O) groups excluding carboxylic acids is 2. The molecule has 0 bridgehead atoms. The minimum absolute atomic E-state index is 0.0631. The Bertz CT molecular complexity index is 661. The standard InChI is InChI=1S/C41H78O5/c1-3-5-7-9-11-13-15-17-19-20-21-22-24-25-27-29-31-33-35-40(43)45-38-39(37-42)46-41(44)36-34-32-30-28-26-23-18-16-14-12-10-8-6-4-2/h16,18,39,42H,3-15,17,19-38H2,1-2H3/b18-16+/t39-/m0/s1. The summed E-state index contributed by atoms with van der Waals surface area (Å²) in [5.74, 6) is -0.590. The second-order valence-electron chi connectivity index (χ2n) is 13.7. The molecule has 272 valence electrons. The molecule has 5 nitrogen and oxygen atoms in total. The number of hydrogen-bond donors (Lipinski definition) is 1. The molecule has 46 heavy (non-hydrogen) atoms. The quantitative estimate of drug-likeness (QED) is 0.0411. The van der Waals surface area contributed by atoms with Crippen LogP contribution in [0.15, 0.2) is 12.2 Å². The third kappa shape index (κ3) is 35.5. The lowest BCUT2D eigenvalue weighted by Gasteiger charge is -2.15. The van der Waals surface area contributed by atoms with Crippen LogP contribution in [0.25, 0.3) is 0 Å². The highest BCUT2D eigenvalue weighted by atomic mass is 16.6. The number of allylic oxidation sites excluding steroid dienone is 2. The van der Waals surface area contributed by atoms with E-state index in [1.807, 2.05) is 0 Å². The second-order valence-corrected chi connectivity index (χ2v) is 13.7. The molecular weight excluding hydrogens is 572 g/mol. The molecule has 0 aromatic carbocycles. The molecule has 0 saturated heterocycles. The van der Waals surface area contributed by atoms with E-state index in [1.165, 1.54) is 154 Å². The fourth-order valence-corrected chi connectivity index (χ4v) is 5.96. The van der Waals surface area contributed by atoms with E-state index >= 15 is 0 Å². The predicted octanol–water partition coefficient (Wildman–Crippen LogP) is 12.5. The zero-order valence-corrected chi connectivity index (χ0v) is 30.9. The van der Waals surface area contributed by atoms with Crippen LogP contribution >= 0.6 is 0 Å². The van der Waals surface area contributed by atoms with Crippen molar-refractivity contribution in [2.24, 2.45) is 0 Å². The second kappa shape index (κ2) is 38.1. The highest BCUT2D eigenvalue weighted by Gasteiger charge is 2.16. The fourth-order valence-electron chi connectivity index (χ4n) is 5.96. The maximum Gasteiger partial charge on any atom is 0.306 e. The molecule has 0 unspecified atom stereocenters. The highest BCUT2D eigenvalue weighted by Crippen LogP contribution is 2.15. The SMILES string of the molecule is CCCCCCC/C=C/CCCCCCCC(=O)O[C@@H](CO)COC(=O)CCCCCCCCCCCCCCCCCCCC. The van der Waals surface area contributed by atoms with E-state index in [0.29, 0.717) is 12.8 Å². The van der Waals surface area contributed by atoms with Crippen molar-refractivity contribution in [3.05, 3.63) is 12.2 Å². The van der Waals surface area contributed by atoms with Gasteiger partial charge in [0.2, 0.25) is 0 Å². The van der Waals surface area contributed by atoms with Crippen molar-refractivity contribution in [3.8, 4) is 0 Å². The molecule has 1 atom stereocenters. The molecule has 1 N–H and O–H groups in total. The Balaban J connectivity index is 3.50. The topological polar surface area (TPSA) is 72.8 Å². The zero-order valence-electron chi connectivity index (χ0n) is 30.9. The zero-order chi connectivity index (χ0) is 33.6. The van der Waals surface area contributed by atoms with Gasteiger partial charge in [-0.1, -0.05) is 180 Å². The van der Waals surface area contributed by atoms with Gasteiger partial charge in [-0.2, -0.15) is 0 Å². The Hall–Kier alpha value is -1.36. The lowest BCUT2D eigenvalue weighted by atomic mass is 10.0. The molecule has 0 aromatic rings. The van der Waals surface area contributed by atoms with Crippen LogP contribution in [0.2, 0.25) is 0 Å². The van der Waals surface area contributed by atoms with Crippen molar-refractivity contribution in [2.45, 2.75) is 225 Å². The minimum Gasteiger partial charge on any atom is -0.462 e. The largest absolute Gasteiger partial charge is 0.462 e. The average Bonchev–Trinajstić information content (AvgIpc) is 3.06. The number of hydrogen-bond acceptors (Lipinski definition) is 5. The predicted molar refractivity (Wildman–Crippen MR) is 196 cm³/mol. The van der Waals surface area contributed by atoms with Gasteiger partial charge in [-0.25, -0.2) is 0 Å². The summed E-state index contributed by atoms with van der Waals surface area (Å²) in [6.07, 6.45) is 42.7. The van der Waals surface area contributed by atoms with Crippen LogP contribution in [0.4, 0.5) is 0 Å². The summed E-state index contributed by atoms with van der Waals surface area (Å²) in [6, 6.07) is 0. The van der Waals surface area contributed by atoms with Crippen molar-refractivity contribution >= 4 is 11.9 Å². The van der Waals surface area contributed by atoms with Gasteiger partial charge in [-0.3, -0.25) is 9.59 Å². The molecule has 0 aromatic heterocycles. The van der Waals surface area contributed by atoms with Crippen LogP contribution in [-0.4, -0.2) is 36.4 Å². The molecule has 0 aliphatic rings. The maximum absolute atomic E-state index is 12.1. The molecule has 0 aliphatic heterocycles. The molecule has 0 fully saturated rings.